The first-order valence-corrected chi connectivity index (χ1v) is 10.2. The summed E-state index contributed by atoms with van der Waals surface area (Å²) in [5.74, 6) is -0.387. The zero-order valence-corrected chi connectivity index (χ0v) is 14.5. The van der Waals surface area contributed by atoms with Gasteiger partial charge in [-0.05, 0) is 29.6 Å². The largest absolute Gasteiger partial charge is 0.298 e. The number of nitrogens with zero attached hydrogens (tertiary/aromatic N) is 1. The predicted octanol–water partition coefficient (Wildman–Crippen LogP) is 3.53. The van der Waals surface area contributed by atoms with Crippen LogP contribution in [0.1, 0.15) is 10.4 Å². The number of amides is 1. The number of rotatable bonds is 4. The summed E-state index contributed by atoms with van der Waals surface area (Å²) in [5, 5.41) is 7.00. The molecule has 0 aliphatic carbocycles. The van der Waals surface area contributed by atoms with Crippen molar-refractivity contribution in [2.75, 3.05) is 11.6 Å². The molecule has 0 saturated carbocycles. The van der Waals surface area contributed by atoms with Crippen LogP contribution in [0.3, 0.4) is 0 Å². The molecule has 1 aromatic carbocycles. The van der Waals surface area contributed by atoms with Gasteiger partial charge >= 0.3 is 0 Å². The van der Waals surface area contributed by atoms with E-state index in [1.54, 1.807) is 23.5 Å². The average Bonchev–Trinajstić information content (AvgIpc) is 3.17. The Kier molecular flexibility index (Phi) is 4.29. The monoisotopic (exact) mass is 364 g/mol. The van der Waals surface area contributed by atoms with E-state index in [-0.39, 0.29) is 16.4 Å². The van der Waals surface area contributed by atoms with Gasteiger partial charge in [-0.15, -0.1) is 22.7 Å². The molecule has 0 fully saturated rings. The van der Waals surface area contributed by atoms with Gasteiger partial charge in [0, 0.05) is 17.2 Å². The molecule has 8 heteroatoms. The van der Waals surface area contributed by atoms with E-state index in [0.717, 1.165) is 16.8 Å². The summed E-state index contributed by atoms with van der Waals surface area (Å²) in [5.41, 5.74) is 1.09. The smallest absolute Gasteiger partial charge is 0.257 e. The number of carbonyl (C=O) groups is 1. The molecule has 0 spiro atoms. The van der Waals surface area contributed by atoms with Gasteiger partial charge in [0.2, 0.25) is 0 Å². The second kappa shape index (κ2) is 6.23. The predicted molar refractivity (Wildman–Crippen MR) is 92.9 cm³/mol. The summed E-state index contributed by atoms with van der Waals surface area (Å²) in [6.45, 7) is 0. The molecule has 0 aliphatic heterocycles. The molecule has 3 rings (SSSR count). The van der Waals surface area contributed by atoms with E-state index in [1.165, 1.54) is 23.5 Å². The van der Waals surface area contributed by atoms with Gasteiger partial charge in [0.05, 0.1) is 15.5 Å². The molecule has 0 saturated heterocycles. The number of aromatic nitrogens is 1. The van der Waals surface area contributed by atoms with E-state index < -0.39 is 9.84 Å². The molecule has 3 aromatic rings. The zero-order chi connectivity index (χ0) is 16.4. The van der Waals surface area contributed by atoms with Crippen molar-refractivity contribution in [1.29, 1.82) is 0 Å². The van der Waals surface area contributed by atoms with E-state index in [1.807, 2.05) is 22.9 Å². The van der Waals surface area contributed by atoms with Gasteiger partial charge < -0.3 is 0 Å². The summed E-state index contributed by atoms with van der Waals surface area (Å²) in [7, 11) is -3.35. The Labute approximate surface area is 141 Å². The molecule has 0 unspecified atom stereocenters. The Balaban J connectivity index is 1.80. The highest BCUT2D eigenvalue weighted by Gasteiger charge is 2.13. The highest BCUT2D eigenvalue weighted by atomic mass is 32.2. The number of hydrogen-bond acceptors (Lipinski definition) is 6. The van der Waals surface area contributed by atoms with Crippen molar-refractivity contribution in [3.63, 3.8) is 0 Å². The average molecular weight is 364 g/mol. The van der Waals surface area contributed by atoms with E-state index in [2.05, 4.69) is 10.3 Å². The fourth-order valence-corrected chi connectivity index (χ4v) is 4.04. The Morgan fingerprint density at radius 2 is 2.00 bits per heavy atom. The van der Waals surface area contributed by atoms with Crippen LogP contribution in [0, 0.1) is 0 Å². The number of thiazole rings is 1. The third-order valence-corrected chi connectivity index (χ3v) is 5.78. The topological polar surface area (TPSA) is 76.1 Å². The number of benzene rings is 1. The number of hydrogen-bond donors (Lipinski definition) is 1. The van der Waals surface area contributed by atoms with Gasteiger partial charge in [-0.2, -0.15) is 0 Å². The third-order valence-electron chi connectivity index (χ3n) is 3.02. The van der Waals surface area contributed by atoms with E-state index in [4.69, 9.17) is 0 Å². The molecule has 23 heavy (non-hydrogen) atoms. The zero-order valence-electron chi connectivity index (χ0n) is 12.0. The maximum absolute atomic E-state index is 12.3. The second-order valence-electron chi connectivity index (χ2n) is 4.77. The van der Waals surface area contributed by atoms with Crippen molar-refractivity contribution in [3.05, 3.63) is 52.7 Å². The lowest BCUT2D eigenvalue weighted by Gasteiger charge is -2.04. The quantitative estimate of drug-likeness (QED) is 0.768. The van der Waals surface area contributed by atoms with Crippen molar-refractivity contribution in [3.8, 4) is 10.6 Å². The highest BCUT2D eigenvalue weighted by Crippen LogP contribution is 2.28. The minimum absolute atomic E-state index is 0.114. The standard InChI is InChI=1S/C15H12N2O3S3/c1-23(19,20)11-5-2-4-10(8-11)14(18)17-15-16-12(9-22-15)13-6-3-7-21-13/h2-9H,1H3,(H,16,17,18). The van der Waals surface area contributed by atoms with Gasteiger partial charge in [0.1, 0.15) is 0 Å². The minimum Gasteiger partial charge on any atom is -0.298 e. The van der Waals surface area contributed by atoms with Crippen LogP contribution in [-0.2, 0) is 9.84 Å². The molecular formula is C15H12N2O3S3. The normalized spacial score (nSPS) is 11.3. The van der Waals surface area contributed by atoms with Gasteiger partial charge in [-0.25, -0.2) is 13.4 Å². The van der Waals surface area contributed by atoms with Gasteiger partial charge in [-0.3, -0.25) is 10.1 Å². The van der Waals surface area contributed by atoms with Crippen LogP contribution in [0.2, 0.25) is 0 Å². The first-order valence-electron chi connectivity index (χ1n) is 6.54. The Hall–Kier alpha value is -2.03. The maximum Gasteiger partial charge on any atom is 0.257 e. The van der Waals surface area contributed by atoms with Gasteiger partial charge in [-0.1, -0.05) is 12.1 Å². The lowest BCUT2D eigenvalue weighted by Crippen LogP contribution is -2.12. The fraction of sp³-hybridized carbons (Fsp3) is 0.0667. The molecule has 1 N–H and O–H groups in total. The van der Waals surface area contributed by atoms with Crippen molar-refractivity contribution >= 4 is 43.5 Å². The minimum atomic E-state index is -3.35. The van der Waals surface area contributed by atoms with Crippen LogP contribution in [-0.4, -0.2) is 25.6 Å². The van der Waals surface area contributed by atoms with Crippen LogP contribution in [0.15, 0.2) is 52.1 Å². The van der Waals surface area contributed by atoms with Crippen LogP contribution in [0.5, 0.6) is 0 Å². The van der Waals surface area contributed by atoms with E-state index in [0.29, 0.717) is 5.13 Å². The molecule has 5 nitrogen and oxygen atoms in total. The molecule has 118 valence electrons. The van der Waals surface area contributed by atoms with Crippen molar-refractivity contribution in [1.82, 2.24) is 4.98 Å². The Morgan fingerprint density at radius 1 is 1.17 bits per heavy atom. The highest BCUT2D eigenvalue weighted by molar-refractivity contribution is 7.90. The van der Waals surface area contributed by atoms with Crippen LogP contribution >= 0.6 is 22.7 Å². The summed E-state index contributed by atoms with van der Waals surface area (Å²) in [6, 6.07) is 9.83. The van der Waals surface area contributed by atoms with E-state index >= 15 is 0 Å². The summed E-state index contributed by atoms with van der Waals surface area (Å²) in [4.78, 5) is 17.8. The molecule has 0 radical (unpaired) electrons. The lowest BCUT2D eigenvalue weighted by molar-refractivity contribution is 0.102. The Morgan fingerprint density at radius 3 is 2.70 bits per heavy atom. The van der Waals surface area contributed by atoms with Crippen LogP contribution < -0.4 is 5.32 Å². The molecule has 0 aliphatic rings. The fourth-order valence-electron chi connectivity index (χ4n) is 1.91. The Bertz CT molecular complexity index is 944. The number of thiophene rings is 1. The number of carbonyl (C=O) groups excluding carboxylic acids is 1. The molecule has 0 bridgehead atoms. The lowest BCUT2D eigenvalue weighted by atomic mass is 10.2. The van der Waals surface area contributed by atoms with Crippen LogP contribution in [0.25, 0.3) is 10.6 Å². The molecule has 1 amide bonds. The molecular weight excluding hydrogens is 352 g/mol. The summed E-state index contributed by atoms with van der Waals surface area (Å²) >= 11 is 2.90. The number of sulfone groups is 1. The van der Waals surface area contributed by atoms with Gasteiger partial charge in [0.25, 0.3) is 5.91 Å². The van der Waals surface area contributed by atoms with Gasteiger partial charge in [0.15, 0.2) is 15.0 Å². The first kappa shape index (κ1) is 15.9. The van der Waals surface area contributed by atoms with E-state index in [9.17, 15) is 13.2 Å². The number of nitrogens with one attached hydrogen (secondary N) is 1. The summed E-state index contributed by atoms with van der Waals surface area (Å²) in [6.07, 6.45) is 1.11. The maximum atomic E-state index is 12.3. The number of anilines is 1. The summed E-state index contributed by atoms with van der Waals surface area (Å²) < 4.78 is 23.1. The SMILES string of the molecule is CS(=O)(=O)c1cccc(C(=O)Nc2nc(-c3cccs3)cs2)c1. The van der Waals surface area contributed by atoms with Crippen molar-refractivity contribution in [2.45, 2.75) is 4.90 Å². The second-order valence-corrected chi connectivity index (χ2v) is 8.59. The van der Waals surface area contributed by atoms with Crippen LogP contribution in [0.4, 0.5) is 5.13 Å². The molecule has 2 heterocycles. The van der Waals surface area contributed by atoms with Crippen molar-refractivity contribution in [2.24, 2.45) is 0 Å². The molecule has 0 atom stereocenters. The van der Waals surface area contributed by atoms with Crippen molar-refractivity contribution < 1.29 is 13.2 Å². The molecule has 2 aromatic heterocycles. The first-order chi connectivity index (χ1) is 10.9. The third kappa shape index (κ3) is 3.66.